The van der Waals surface area contributed by atoms with Crippen LogP contribution < -0.4 is 5.32 Å². The summed E-state index contributed by atoms with van der Waals surface area (Å²) in [7, 11) is -0.972. The maximum Gasteiger partial charge on any atom is 0.271 e. The highest BCUT2D eigenvalue weighted by atomic mass is 35.5. The van der Waals surface area contributed by atoms with Crippen LogP contribution in [0.1, 0.15) is 17.4 Å². The van der Waals surface area contributed by atoms with Gasteiger partial charge in [-0.25, -0.2) is 4.98 Å². The second kappa shape index (κ2) is 6.33. The standard InChI is InChI=1S/C10H12Cl2N2O2S/c1-6(5-17(2)16)13-10(15)9-7(11)3-4-8(12)14-9/h3-4,6H,5H2,1-2H3,(H,13,15). The van der Waals surface area contributed by atoms with Crippen molar-refractivity contribution in [2.75, 3.05) is 12.0 Å². The van der Waals surface area contributed by atoms with Gasteiger partial charge in [0.1, 0.15) is 10.8 Å². The number of hydrogen-bond donors (Lipinski definition) is 1. The highest BCUT2D eigenvalue weighted by Gasteiger charge is 2.15. The summed E-state index contributed by atoms with van der Waals surface area (Å²) in [6.45, 7) is 1.76. The third-order valence-corrected chi connectivity index (χ3v) is 3.37. The number of rotatable bonds is 4. The predicted octanol–water partition coefficient (Wildman–Crippen LogP) is 1.89. The van der Waals surface area contributed by atoms with E-state index in [4.69, 9.17) is 23.2 Å². The lowest BCUT2D eigenvalue weighted by molar-refractivity contribution is 0.0939. The molecule has 4 nitrogen and oxygen atoms in total. The number of halogens is 2. The first-order valence-corrected chi connectivity index (χ1v) is 7.31. The summed E-state index contributed by atoms with van der Waals surface area (Å²) in [4.78, 5) is 15.6. The van der Waals surface area contributed by atoms with Crippen LogP contribution in [0.25, 0.3) is 0 Å². The van der Waals surface area contributed by atoms with Gasteiger partial charge in [0.2, 0.25) is 0 Å². The van der Waals surface area contributed by atoms with Gasteiger partial charge in [0.15, 0.2) is 0 Å². The van der Waals surface area contributed by atoms with Crippen molar-refractivity contribution in [2.45, 2.75) is 13.0 Å². The van der Waals surface area contributed by atoms with Crippen molar-refractivity contribution < 1.29 is 9.00 Å². The van der Waals surface area contributed by atoms with E-state index in [9.17, 15) is 9.00 Å². The van der Waals surface area contributed by atoms with Crippen LogP contribution in [0.2, 0.25) is 10.2 Å². The van der Waals surface area contributed by atoms with Gasteiger partial charge in [-0.3, -0.25) is 9.00 Å². The fourth-order valence-electron chi connectivity index (χ4n) is 1.26. The molecule has 94 valence electrons. The summed E-state index contributed by atoms with van der Waals surface area (Å²) >= 11 is 11.5. The molecule has 1 heterocycles. The summed E-state index contributed by atoms with van der Waals surface area (Å²) in [6, 6.07) is 2.80. The Labute approximate surface area is 112 Å². The Kier molecular flexibility index (Phi) is 5.36. The SMILES string of the molecule is CC(CS(C)=O)NC(=O)c1nc(Cl)ccc1Cl. The Morgan fingerprint density at radius 2 is 2.18 bits per heavy atom. The van der Waals surface area contributed by atoms with Gasteiger partial charge in [0, 0.05) is 28.9 Å². The molecule has 17 heavy (non-hydrogen) atoms. The van der Waals surface area contributed by atoms with E-state index >= 15 is 0 Å². The van der Waals surface area contributed by atoms with Crippen LogP contribution in [0.4, 0.5) is 0 Å². The van der Waals surface area contributed by atoms with E-state index in [-0.39, 0.29) is 21.9 Å². The number of pyridine rings is 1. The summed E-state index contributed by atoms with van der Waals surface area (Å²) < 4.78 is 11.0. The van der Waals surface area contributed by atoms with Crippen LogP contribution in [0.15, 0.2) is 12.1 Å². The molecule has 0 aromatic carbocycles. The molecular formula is C10H12Cl2N2O2S. The van der Waals surface area contributed by atoms with Crippen LogP contribution in [0.3, 0.4) is 0 Å². The highest BCUT2D eigenvalue weighted by Crippen LogP contribution is 2.16. The molecule has 0 aliphatic carbocycles. The Bertz CT molecular complexity index is 454. The van der Waals surface area contributed by atoms with Crippen molar-refractivity contribution in [3.8, 4) is 0 Å². The molecule has 1 N–H and O–H groups in total. The minimum absolute atomic E-state index is 0.0768. The summed E-state index contributed by atoms with van der Waals surface area (Å²) in [5, 5.41) is 3.09. The average Bonchev–Trinajstić information content (AvgIpc) is 2.20. The van der Waals surface area contributed by atoms with Crippen LogP contribution in [0, 0.1) is 0 Å². The fourth-order valence-corrected chi connectivity index (χ4v) is 2.39. The largest absolute Gasteiger partial charge is 0.347 e. The molecule has 7 heteroatoms. The molecule has 0 saturated carbocycles. The molecule has 0 fully saturated rings. The van der Waals surface area contributed by atoms with Crippen molar-refractivity contribution in [1.82, 2.24) is 10.3 Å². The van der Waals surface area contributed by atoms with Gasteiger partial charge in [-0.1, -0.05) is 23.2 Å². The van der Waals surface area contributed by atoms with Crippen molar-refractivity contribution in [3.05, 3.63) is 28.0 Å². The molecule has 0 aliphatic heterocycles. The third-order valence-electron chi connectivity index (χ3n) is 1.89. The van der Waals surface area contributed by atoms with E-state index < -0.39 is 16.7 Å². The molecule has 0 spiro atoms. The van der Waals surface area contributed by atoms with Crippen LogP contribution in [-0.2, 0) is 10.8 Å². The zero-order valence-corrected chi connectivity index (χ0v) is 11.7. The number of hydrogen-bond acceptors (Lipinski definition) is 3. The molecule has 1 amide bonds. The van der Waals surface area contributed by atoms with Crippen molar-refractivity contribution >= 4 is 39.9 Å². The van der Waals surface area contributed by atoms with E-state index in [0.29, 0.717) is 5.75 Å². The molecule has 1 aromatic heterocycles. The summed E-state index contributed by atoms with van der Waals surface area (Å²) in [5.41, 5.74) is 0.0768. The van der Waals surface area contributed by atoms with E-state index in [1.165, 1.54) is 12.1 Å². The minimum atomic E-state index is -0.972. The van der Waals surface area contributed by atoms with E-state index in [0.717, 1.165) is 0 Å². The Balaban J connectivity index is 2.76. The number of amides is 1. The zero-order chi connectivity index (χ0) is 13.0. The highest BCUT2D eigenvalue weighted by molar-refractivity contribution is 7.84. The van der Waals surface area contributed by atoms with Crippen LogP contribution in [0.5, 0.6) is 0 Å². The van der Waals surface area contributed by atoms with Gasteiger partial charge >= 0.3 is 0 Å². The monoisotopic (exact) mass is 294 g/mol. The van der Waals surface area contributed by atoms with Gasteiger partial charge in [0.05, 0.1) is 5.02 Å². The molecule has 0 aliphatic rings. The second-order valence-corrected chi connectivity index (χ2v) is 5.85. The van der Waals surface area contributed by atoms with E-state index in [2.05, 4.69) is 10.3 Å². The van der Waals surface area contributed by atoms with Gasteiger partial charge in [-0.05, 0) is 19.1 Å². The van der Waals surface area contributed by atoms with Crippen LogP contribution >= 0.6 is 23.2 Å². The first-order valence-electron chi connectivity index (χ1n) is 4.83. The second-order valence-electron chi connectivity index (χ2n) is 3.58. The molecule has 0 radical (unpaired) electrons. The molecule has 1 rings (SSSR count). The quantitative estimate of drug-likeness (QED) is 0.863. The van der Waals surface area contributed by atoms with Crippen molar-refractivity contribution in [3.63, 3.8) is 0 Å². The van der Waals surface area contributed by atoms with Gasteiger partial charge in [-0.2, -0.15) is 0 Å². The zero-order valence-electron chi connectivity index (χ0n) is 9.37. The summed E-state index contributed by atoms with van der Waals surface area (Å²) in [5.74, 6) is -0.0420. The number of nitrogens with zero attached hydrogens (tertiary/aromatic N) is 1. The van der Waals surface area contributed by atoms with Gasteiger partial charge in [-0.15, -0.1) is 0 Å². The molecule has 1 aromatic rings. The Hall–Kier alpha value is -0.650. The lowest BCUT2D eigenvalue weighted by atomic mass is 10.3. The van der Waals surface area contributed by atoms with E-state index in [1.807, 2.05) is 0 Å². The smallest absolute Gasteiger partial charge is 0.271 e. The lowest BCUT2D eigenvalue weighted by Gasteiger charge is -2.12. The molecular weight excluding hydrogens is 283 g/mol. The average molecular weight is 295 g/mol. The van der Waals surface area contributed by atoms with E-state index in [1.54, 1.807) is 13.2 Å². The van der Waals surface area contributed by atoms with Crippen LogP contribution in [-0.4, -0.2) is 33.2 Å². The summed E-state index contributed by atoms with van der Waals surface area (Å²) in [6.07, 6.45) is 1.58. The lowest BCUT2D eigenvalue weighted by Crippen LogP contribution is -2.36. The topological polar surface area (TPSA) is 59.1 Å². The first kappa shape index (κ1) is 14.4. The number of carbonyl (C=O) groups is 1. The first-order chi connectivity index (χ1) is 7.90. The van der Waals surface area contributed by atoms with Gasteiger partial charge in [0.25, 0.3) is 5.91 Å². The minimum Gasteiger partial charge on any atom is -0.347 e. The maximum atomic E-state index is 11.8. The Morgan fingerprint density at radius 1 is 1.53 bits per heavy atom. The normalized spacial score (nSPS) is 14.1. The molecule has 0 bridgehead atoms. The number of nitrogens with one attached hydrogen (secondary N) is 1. The van der Waals surface area contributed by atoms with Crippen molar-refractivity contribution in [2.24, 2.45) is 0 Å². The Morgan fingerprint density at radius 3 is 2.76 bits per heavy atom. The molecule has 0 saturated heterocycles. The third kappa shape index (κ3) is 4.61. The van der Waals surface area contributed by atoms with Crippen molar-refractivity contribution in [1.29, 1.82) is 0 Å². The number of carbonyl (C=O) groups excluding carboxylic acids is 1. The number of aromatic nitrogens is 1. The fraction of sp³-hybridized carbons (Fsp3) is 0.400. The predicted molar refractivity (Wildman–Crippen MR) is 70.1 cm³/mol. The maximum absolute atomic E-state index is 11.8. The molecule has 2 unspecified atom stereocenters. The van der Waals surface area contributed by atoms with Gasteiger partial charge < -0.3 is 5.32 Å². The molecule has 2 atom stereocenters.